The van der Waals surface area contributed by atoms with Crippen LogP contribution in [0.2, 0.25) is 0 Å². The third kappa shape index (κ3) is 7.27. The summed E-state index contributed by atoms with van der Waals surface area (Å²) in [5.41, 5.74) is 8.20. The number of likely N-dealkylation sites (N-methyl/N-ethyl adjacent to an activating group) is 1. The van der Waals surface area contributed by atoms with Crippen molar-refractivity contribution in [3.8, 4) is 28.5 Å². The number of carbonyl (C=O) groups excluding carboxylic acids is 3. The number of piperazine rings is 1. The Morgan fingerprint density at radius 2 is 1.58 bits per heavy atom. The Morgan fingerprint density at radius 1 is 0.895 bits per heavy atom. The molecule has 8 rings (SSSR count). The van der Waals surface area contributed by atoms with Gasteiger partial charge in [-0.3, -0.25) is 24.4 Å². The zero-order valence-electron chi connectivity index (χ0n) is 31.3. The van der Waals surface area contributed by atoms with Crippen molar-refractivity contribution in [3.05, 3.63) is 126 Å². The standard InChI is InChI=1S/C43H39F2N7O5/c1-50-19-21-51(22-20-50)40(53)28-7-5-27(6-8-28)37-36-38(29(25-47-39(36)49-48-37)23-26-3-14-33(56-2)15-4-26)57-35-16-13-32(24-34(35)45)52(31-11-9-30(44)10-12-31)42(55)43(17-18-43)41(46)54/h3-16,24-25H,17-23H2,1-2H3,(H2,46,54)(H,47,48,49). The lowest BCUT2D eigenvalue weighted by Crippen LogP contribution is -2.47. The van der Waals surface area contributed by atoms with Gasteiger partial charge in [0.2, 0.25) is 11.8 Å². The highest BCUT2D eigenvalue weighted by atomic mass is 19.1. The monoisotopic (exact) mass is 771 g/mol. The highest BCUT2D eigenvalue weighted by molar-refractivity contribution is 6.16. The lowest BCUT2D eigenvalue weighted by molar-refractivity contribution is -0.133. The number of methoxy groups -OCH3 is 1. The summed E-state index contributed by atoms with van der Waals surface area (Å²) in [4.78, 5) is 49.4. The van der Waals surface area contributed by atoms with Gasteiger partial charge >= 0.3 is 0 Å². The van der Waals surface area contributed by atoms with Crippen LogP contribution in [0.5, 0.6) is 17.2 Å². The second kappa shape index (κ2) is 15.1. The Bertz CT molecular complexity index is 2480. The molecule has 0 spiro atoms. The zero-order chi connectivity index (χ0) is 39.8. The first kappa shape index (κ1) is 37.3. The van der Waals surface area contributed by atoms with Crippen LogP contribution in [0, 0.1) is 17.0 Å². The Hall–Kier alpha value is -6.67. The highest BCUT2D eigenvalue weighted by Gasteiger charge is 2.57. The van der Waals surface area contributed by atoms with Gasteiger partial charge in [0.15, 0.2) is 17.2 Å². The van der Waals surface area contributed by atoms with Crippen LogP contribution >= 0.6 is 0 Å². The average molecular weight is 772 g/mol. The lowest BCUT2D eigenvalue weighted by atomic mass is 10.0. The van der Waals surface area contributed by atoms with Gasteiger partial charge in [0.25, 0.3) is 5.91 Å². The number of hydrogen-bond acceptors (Lipinski definition) is 8. The van der Waals surface area contributed by atoms with Crippen LogP contribution in [-0.4, -0.2) is 83.0 Å². The maximum Gasteiger partial charge on any atom is 0.253 e. The number of hydrogen-bond donors (Lipinski definition) is 2. The third-order valence-corrected chi connectivity index (χ3v) is 10.7. The predicted molar refractivity (Wildman–Crippen MR) is 209 cm³/mol. The molecule has 2 aliphatic rings. The van der Waals surface area contributed by atoms with Gasteiger partial charge in [-0.1, -0.05) is 24.3 Å². The molecule has 0 radical (unpaired) electrons. The van der Waals surface area contributed by atoms with E-state index in [0.29, 0.717) is 64.4 Å². The molecule has 2 fully saturated rings. The minimum Gasteiger partial charge on any atom is -0.497 e. The molecule has 1 aliphatic carbocycles. The topological polar surface area (TPSA) is 147 Å². The van der Waals surface area contributed by atoms with Crippen molar-refractivity contribution >= 4 is 40.1 Å². The molecule has 0 unspecified atom stereocenters. The highest BCUT2D eigenvalue weighted by Crippen LogP contribution is 2.49. The number of carbonyl (C=O) groups is 3. The molecular weight excluding hydrogens is 733 g/mol. The van der Waals surface area contributed by atoms with E-state index >= 15 is 4.39 Å². The summed E-state index contributed by atoms with van der Waals surface area (Å²) in [5.74, 6) is -1.98. The van der Waals surface area contributed by atoms with Crippen LogP contribution in [0.25, 0.3) is 22.3 Å². The van der Waals surface area contributed by atoms with Crippen molar-refractivity contribution in [2.24, 2.45) is 11.1 Å². The van der Waals surface area contributed by atoms with Crippen molar-refractivity contribution in [2.75, 3.05) is 45.2 Å². The summed E-state index contributed by atoms with van der Waals surface area (Å²) < 4.78 is 42.1. The van der Waals surface area contributed by atoms with Gasteiger partial charge in [-0.15, -0.1) is 0 Å². The van der Waals surface area contributed by atoms with Crippen molar-refractivity contribution in [1.82, 2.24) is 25.0 Å². The van der Waals surface area contributed by atoms with Crippen molar-refractivity contribution < 1.29 is 32.6 Å². The van der Waals surface area contributed by atoms with Gasteiger partial charge in [-0.25, -0.2) is 13.8 Å². The average Bonchev–Trinajstić information content (AvgIpc) is 3.94. The van der Waals surface area contributed by atoms with Gasteiger partial charge in [0.1, 0.15) is 22.7 Å². The zero-order valence-corrected chi connectivity index (χ0v) is 31.3. The number of H-pyrrole nitrogens is 1. The van der Waals surface area contributed by atoms with E-state index in [1.807, 2.05) is 48.3 Å². The third-order valence-electron chi connectivity index (χ3n) is 10.7. The number of amides is 3. The fourth-order valence-corrected chi connectivity index (χ4v) is 7.09. The van der Waals surface area contributed by atoms with Gasteiger partial charge in [0, 0.05) is 67.2 Å². The first-order valence-electron chi connectivity index (χ1n) is 18.5. The molecule has 0 atom stereocenters. The van der Waals surface area contributed by atoms with Crippen molar-refractivity contribution in [1.29, 1.82) is 0 Å². The number of aromatic amines is 1. The number of benzene rings is 4. The molecule has 14 heteroatoms. The van der Waals surface area contributed by atoms with Crippen molar-refractivity contribution in [2.45, 2.75) is 19.3 Å². The van der Waals surface area contributed by atoms with Crippen LogP contribution in [0.1, 0.15) is 34.3 Å². The number of anilines is 2. The van der Waals surface area contributed by atoms with Crippen LogP contribution in [0.3, 0.4) is 0 Å². The molecule has 1 saturated carbocycles. The number of rotatable bonds is 11. The van der Waals surface area contributed by atoms with Crippen molar-refractivity contribution in [3.63, 3.8) is 0 Å². The maximum atomic E-state index is 16.4. The molecule has 0 bridgehead atoms. The first-order chi connectivity index (χ1) is 27.5. The van der Waals surface area contributed by atoms with E-state index in [-0.39, 0.29) is 35.9 Å². The number of primary amides is 1. The van der Waals surface area contributed by atoms with Crippen LogP contribution in [0.4, 0.5) is 20.2 Å². The van der Waals surface area contributed by atoms with E-state index in [9.17, 15) is 18.8 Å². The van der Waals surface area contributed by atoms with Crippen LogP contribution in [-0.2, 0) is 16.0 Å². The van der Waals surface area contributed by atoms with Gasteiger partial charge in [-0.2, -0.15) is 5.10 Å². The lowest BCUT2D eigenvalue weighted by Gasteiger charge is -2.32. The maximum absolute atomic E-state index is 16.4. The van der Waals surface area contributed by atoms with Crippen LogP contribution < -0.4 is 20.1 Å². The molecule has 3 N–H and O–H groups in total. The summed E-state index contributed by atoms with van der Waals surface area (Å²) in [6.45, 7) is 2.92. The predicted octanol–water partition coefficient (Wildman–Crippen LogP) is 6.61. The summed E-state index contributed by atoms with van der Waals surface area (Å²) in [7, 11) is 3.62. The molecule has 3 amide bonds. The van der Waals surface area contributed by atoms with Gasteiger partial charge < -0.3 is 25.0 Å². The summed E-state index contributed by atoms with van der Waals surface area (Å²) >= 11 is 0. The molecule has 290 valence electrons. The fraction of sp³-hybridized carbons (Fsp3) is 0.233. The number of nitrogens with two attached hydrogens (primary N) is 1. The second-order valence-corrected chi connectivity index (χ2v) is 14.4. The molecule has 4 aromatic carbocycles. The number of nitrogens with zero attached hydrogens (tertiary/aromatic N) is 5. The summed E-state index contributed by atoms with van der Waals surface area (Å²) in [6, 6.07) is 23.8. The number of ether oxygens (including phenoxy) is 2. The van der Waals surface area contributed by atoms with E-state index < -0.39 is 28.9 Å². The van der Waals surface area contributed by atoms with E-state index in [1.54, 1.807) is 25.4 Å². The SMILES string of the molecule is COc1ccc(Cc2cnc3n[nH]c(-c4ccc(C(=O)N5CCN(C)CC5)cc4)c3c2Oc2ccc(N(C(=O)C3(C(N)=O)CC3)c3ccc(F)cc3)cc2F)cc1. The molecule has 57 heavy (non-hydrogen) atoms. The Balaban J connectivity index is 1.18. The minimum atomic E-state index is -1.44. The summed E-state index contributed by atoms with van der Waals surface area (Å²) in [5, 5.41) is 8.01. The van der Waals surface area contributed by atoms with E-state index in [2.05, 4.69) is 20.1 Å². The molecule has 3 heterocycles. The van der Waals surface area contributed by atoms with E-state index in [1.165, 1.54) is 41.3 Å². The number of halogens is 2. The quantitative estimate of drug-likeness (QED) is 0.140. The fourth-order valence-electron chi connectivity index (χ4n) is 7.09. The normalized spacial score (nSPS) is 15.0. The Morgan fingerprint density at radius 3 is 2.21 bits per heavy atom. The molecule has 6 aromatic rings. The molecule has 1 aliphatic heterocycles. The first-order valence-corrected chi connectivity index (χ1v) is 18.5. The molecular formula is C43H39F2N7O5. The van der Waals surface area contributed by atoms with Crippen LogP contribution in [0.15, 0.2) is 97.2 Å². The van der Waals surface area contributed by atoms with Gasteiger partial charge in [0.05, 0.1) is 23.9 Å². The van der Waals surface area contributed by atoms with Gasteiger partial charge in [-0.05, 0) is 86.1 Å². The number of nitrogens with one attached hydrogen (secondary N) is 1. The molecule has 2 aromatic heterocycles. The second-order valence-electron chi connectivity index (χ2n) is 14.4. The molecule has 1 saturated heterocycles. The largest absolute Gasteiger partial charge is 0.497 e. The Kier molecular flexibility index (Phi) is 9.88. The summed E-state index contributed by atoms with van der Waals surface area (Å²) in [6.07, 6.45) is 2.48. The molecule has 12 nitrogen and oxygen atoms in total. The van der Waals surface area contributed by atoms with E-state index in [4.69, 9.17) is 15.2 Å². The smallest absolute Gasteiger partial charge is 0.253 e. The number of fused-ring (bicyclic) bond motifs is 1. The minimum absolute atomic E-state index is 0.0443. The number of aromatic nitrogens is 3. The number of pyridine rings is 1. The Labute approximate surface area is 326 Å². The van der Waals surface area contributed by atoms with E-state index in [0.717, 1.165) is 24.7 Å².